The van der Waals surface area contributed by atoms with Crippen LogP contribution in [0, 0.1) is 11.7 Å². The first kappa shape index (κ1) is 9.16. The van der Waals surface area contributed by atoms with Gasteiger partial charge in [0, 0.05) is 6.04 Å². The number of rotatable bonds is 2. The smallest absolute Gasteiger partial charge is 0.137 e. The zero-order valence-corrected chi connectivity index (χ0v) is 8.72. The van der Waals surface area contributed by atoms with Crippen LogP contribution in [-0.2, 0) is 0 Å². The Morgan fingerprint density at radius 3 is 2.69 bits per heavy atom. The van der Waals surface area contributed by atoms with Gasteiger partial charge in [0.1, 0.15) is 5.82 Å². The second-order valence-electron chi connectivity index (χ2n) is 3.54. The molecule has 0 amide bonds. The monoisotopic (exact) mass is 243 g/mol. The predicted octanol–water partition coefficient (Wildman–Crippen LogP) is 3.00. The van der Waals surface area contributed by atoms with E-state index in [1.807, 2.05) is 6.07 Å². The van der Waals surface area contributed by atoms with Gasteiger partial charge in [0.05, 0.1) is 4.47 Å². The third-order valence-corrected chi connectivity index (χ3v) is 3.10. The van der Waals surface area contributed by atoms with Crippen molar-refractivity contribution in [1.29, 1.82) is 0 Å². The largest absolute Gasteiger partial charge is 0.324 e. The van der Waals surface area contributed by atoms with Gasteiger partial charge in [0.2, 0.25) is 0 Å². The van der Waals surface area contributed by atoms with E-state index in [0.717, 1.165) is 5.56 Å². The van der Waals surface area contributed by atoms with Crippen molar-refractivity contribution in [3.63, 3.8) is 0 Å². The molecule has 1 aliphatic carbocycles. The van der Waals surface area contributed by atoms with Gasteiger partial charge < -0.3 is 5.73 Å². The SMILES string of the molecule is N[C@H](c1ccc(Br)c(F)c1)C1CC1. The molecule has 0 aromatic heterocycles. The molecule has 1 aromatic carbocycles. The standard InChI is InChI=1S/C10H11BrFN/c11-8-4-3-7(5-9(8)12)10(13)6-1-2-6/h3-6,10H,1-2,13H2/t10-/m0/s1. The summed E-state index contributed by atoms with van der Waals surface area (Å²) in [6.07, 6.45) is 2.36. The minimum Gasteiger partial charge on any atom is -0.324 e. The summed E-state index contributed by atoms with van der Waals surface area (Å²) in [7, 11) is 0. The second-order valence-corrected chi connectivity index (χ2v) is 4.39. The summed E-state index contributed by atoms with van der Waals surface area (Å²) in [5.74, 6) is 0.342. The van der Waals surface area contributed by atoms with E-state index < -0.39 is 0 Å². The van der Waals surface area contributed by atoms with Crippen LogP contribution in [0.2, 0.25) is 0 Å². The third-order valence-electron chi connectivity index (χ3n) is 2.46. The van der Waals surface area contributed by atoms with E-state index in [2.05, 4.69) is 15.9 Å². The molecule has 0 heterocycles. The summed E-state index contributed by atoms with van der Waals surface area (Å²) in [6.45, 7) is 0. The first-order chi connectivity index (χ1) is 6.18. The lowest BCUT2D eigenvalue weighted by Gasteiger charge is -2.10. The van der Waals surface area contributed by atoms with Crippen molar-refractivity contribution >= 4 is 15.9 Å². The van der Waals surface area contributed by atoms with Crippen LogP contribution in [0.5, 0.6) is 0 Å². The van der Waals surface area contributed by atoms with E-state index in [9.17, 15) is 4.39 Å². The second kappa shape index (κ2) is 3.39. The molecule has 70 valence electrons. The van der Waals surface area contributed by atoms with Crippen molar-refractivity contribution in [2.24, 2.45) is 11.7 Å². The van der Waals surface area contributed by atoms with Crippen molar-refractivity contribution in [3.8, 4) is 0 Å². The summed E-state index contributed by atoms with van der Waals surface area (Å²) in [5, 5.41) is 0. The normalized spacial score (nSPS) is 18.7. The van der Waals surface area contributed by atoms with E-state index in [-0.39, 0.29) is 11.9 Å². The topological polar surface area (TPSA) is 26.0 Å². The van der Waals surface area contributed by atoms with Crippen molar-refractivity contribution in [2.45, 2.75) is 18.9 Å². The summed E-state index contributed by atoms with van der Waals surface area (Å²) < 4.78 is 13.6. The Morgan fingerprint density at radius 2 is 2.15 bits per heavy atom. The average molecular weight is 244 g/mol. The molecule has 1 aromatic rings. The highest BCUT2D eigenvalue weighted by Crippen LogP contribution is 2.39. The Balaban J connectivity index is 2.24. The van der Waals surface area contributed by atoms with E-state index >= 15 is 0 Å². The molecule has 0 saturated heterocycles. The molecule has 0 radical (unpaired) electrons. The first-order valence-electron chi connectivity index (χ1n) is 4.39. The molecule has 1 saturated carbocycles. The van der Waals surface area contributed by atoms with Gasteiger partial charge in [-0.15, -0.1) is 0 Å². The average Bonchev–Trinajstić information content (AvgIpc) is 2.91. The highest BCUT2D eigenvalue weighted by atomic mass is 79.9. The lowest BCUT2D eigenvalue weighted by molar-refractivity contribution is 0.597. The Bertz CT molecular complexity index is 323. The van der Waals surface area contributed by atoms with Gasteiger partial charge in [-0.1, -0.05) is 6.07 Å². The van der Waals surface area contributed by atoms with Gasteiger partial charge in [-0.3, -0.25) is 0 Å². The Labute approximate surface area is 85.3 Å². The van der Waals surface area contributed by atoms with Crippen LogP contribution in [0.3, 0.4) is 0 Å². The summed E-state index contributed by atoms with van der Waals surface area (Å²) in [4.78, 5) is 0. The third kappa shape index (κ3) is 1.92. The summed E-state index contributed by atoms with van der Waals surface area (Å²) in [5.41, 5.74) is 6.84. The maximum Gasteiger partial charge on any atom is 0.137 e. The minimum atomic E-state index is -0.228. The molecule has 1 aliphatic rings. The van der Waals surface area contributed by atoms with Crippen molar-refractivity contribution < 1.29 is 4.39 Å². The minimum absolute atomic E-state index is 0.0163. The lowest BCUT2D eigenvalue weighted by Crippen LogP contribution is -2.12. The van der Waals surface area contributed by atoms with Crippen LogP contribution in [0.1, 0.15) is 24.4 Å². The van der Waals surface area contributed by atoms with Crippen molar-refractivity contribution in [1.82, 2.24) is 0 Å². The number of benzene rings is 1. The molecule has 1 fully saturated rings. The Hall–Kier alpha value is -0.410. The van der Waals surface area contributed by atoms with Crippen molar-refractivity contribution in [3.05, 3.63) is 34.1 Å². The molecule has 3 heteroatoms. The summed E-state index contributed by atoms with van der Waals surface area (Å²) >= 11 is 3.12. The van der Waals surface area contributed by atoms with Crippen LogP contribution in [0.15, 0.2) is 22.7 Å². The molecule has 0 unspecified atom stereocenters. The van der Waals surface area contributed by atoms with Crippen LogP contribution < -0.4 is 5.73 Å². The van der Waals surface area contributed by atoms with Gasteiger partial charge in [-0.2, -0.15) is 0 Å². The molecule has 13 heavy (non-hydrogen) atoms. The van der Waals surface area contributed by atoms with Gasteiger partial charge >= 0.3 is 0 Å². The fourth-order valence-corrected chi connectivity index (χ4v) is 1.69. The van der Waals surface area contributed by atoms with Crippen LogP contribution in [0.4, 0.5) is 4.39 Å². The fourth-order valence-electron chi connectivity index (χ4n) is 1.45. The fraction of sp³-hybridized carbons (Fsp3) is 0.400. The maximum absolute atomic E-state index is 13.1. The number of hydrogen-bond acceptors (Lipinski definition) is 1. The lowest BCUT2D eigenvalue weighted by atomic mass is 10.0. The van der Waals surface area contributed by atoms with E-state index in [0.29, 0.717) is 10.4 Å². The van der Waals surface area contributed by atoms with Gasteiger partial charge in [0.25, 0.3) is 0 Å². The van der Waals surface area contributed by atoms with Crippen LogP contribution in [-0.4, -0.2) is 0 Å². The Kier molecular flexibility index (Phi) is 2.39. The number of nitrogens with two attached hydrogens (primary N) is 1. The zero-order valence-electron chi connectivity index (χ0n) is 7.13. The van der Waals surface area contributed by atoms with Crippen molar-refractivity contribution in [2.75, 3.05) is 0 Å². The number of hydrogen-bond donors (Lipinski definition) is 1. The number of halogens is 2. The predicted molar refractivity (Wildman–Crippen MR) is 53.8 cm³/mol. The first-order valence-corrected chi connectivity index (χ1v) is 5.18. The molecule has 1 atom stereocenters. The highest BCUT2D eigenvalue weighted by Gasteiger charge is 2.29. The highest BCUT2D eigenvalue weighted by molar-refractivity contribution is 9.10. The van der Waals surface area contributed by atoms with Gasteiger partial charge in [0.15, 0.2) is 0 Å². The summed E-state index contributed by atoms with van der Waals surface area (Å²) in [6, 6.07) is 5.14. The van der Waals surface area contributed by atoms with Gasteiger partial charge in [-0.05, 0) is 52.4 Å². The Morgan fingerprint density at radius 1 is 1.46 bits per heavy atom. The molecule has 0 bridgehead atoms. The van der Waals surface area contributed by atoms with E-state index in [1.54, 1.807) is 6.07 Å². The quantitative estimate of drug-likeness (QED) is 0.850. The molecule has 1 nitrogen and oxygen atoms in total. The van der Waals surface area contributed by atoms with E-state index in [4.69, 9.17) is 5.73 Å². The van der Waals surface area contributed by atoms with Gasteiger partial charge in [-0.25, -0.2) is 4.39 Å². The zero-order chi connectivity index (χ0) is 9.42. The molecule has 0 aliphatic heterocycles. The molecule has 2 rings (SSSR count). The van der Waals surface area contributed by atoms with Crippen LogP contribution >= 0.6 is 15.9 Å². The molecule has 2 N–H and O–H groups in total. The molecular formula is C10H11BrFN. The van der Waals surface area contributed by atoms with Crippen LogP contribution in [0.25, 0.3) is 0 Å². The molecule has 0 spiro atoms. The maximum atomic E-state index is 13.1. The van der Waals surface area contributed by atoms with E-state index in [1.165, 1.54) is 18.9 Å². The molecular weight excluding hydrogens is 233 g/mol.